The van der Waals surface area contributed by atoms with Gasteiger partial charge >= 0.3 is 6.09 Å². The number of halogens is 3. The third-order valence-corrected chi connectivity index (χ3v) is 7.40. The summed E-state index contributed by atoms with van der Waals surface area (Å²) in [5.41, 5.74) is 5.54. The second-order valence-corrected chi connectivity index (χ2v) is 11.7. The fraction of sp³-hybridized carbons (Fsp3) is 0.588. The van der Waals surface area contributed by atoms with Crippen LogP contribution in [0.3, 0.4) is 0 Å². The van der Waals surface area contributed by atoms with Crippen LogP contribution in [0.4, 0.5) is 9.59 Å². The number of hydrogen-bond donors (Lipinski definition) is 4. The zero-order valence-corrected chi connectivity index (χ0v) is 19.4. The molecule has 0 saturated carbocycles. The van der Waals surface area contributed by atoms with Crippen LogP contribution < -0.4 is 21.1 Å². The lowest BCUT2D eigenvalue weighted by molar-refractivity contribution is -0.121. The molecule has 0 saturated heterocycles. The summed E-state index contributed by atoms with van der Waals surface area (Å²) in [6.07, 6.45) is 4.79. The molecule has 0 fully saturated rings. The maximum absolute atomic E-state index is 12.4. The molecule has 0 aliphatic carbocycles. The lowest BCUT2D eigenvalue weighted by Crippen LogP contribution is -2.48. The van der Waals surface area contributed by atoms with E-state index in [1.807, 2.05) is 6.92 Å². The molecule has 3 amide bonds. The molecular formula is C17H27Cl3N4O4S. The maximum atomic E-state index is 12.4. The number of primary amides is 1. The summed E-state index contributed by atoms with van der Waals surface area (Å²) < 4.78 is 6.11. The molecule has 8 nitrogen and oxygen atoms in total. The van der Waals surface area contributed by atoms with Gasteiger partial charge in [-0.05, 0) is 36.6 Å². The zero-order chi connectivity index (χ0) is 22.1. The number of unbranched alkanes of at least 4 members (excludes halogenated alkanes) is 1. The first-order valence-electron chi connectivity index (χ1n) is 9.02. The van der Waals surface area contributed by atoms with Crippen LogP contribution in [0.1, 0.15) is 39.0 Å². The second kappa shape index (κ2) is 11.9. The van der Waals surface area contributed by atoms with E-state index in [0.717, 1.165) is 17.7 Å². The van der Waals surface area contributed by atoms with E-state index in [0.29, 0.717) is 12.8 Å². The molecule has 1 rings (SSSR count). The van der Waals surface area contributed by atoms with Gasteiger partial charge in [0.05, 0.1) is 0 Å². The minimum Gasteiger partial charge on any atom is -0.445 e. The molecule has 1 aliphatic rings. The van der Waals surface area contributed by atoms with E-state index < -0.39 is 38.1 Å². The van der Waals surface area contributed by atoms with Gasteiger partial charge in [0.15, 0.2) is 0 Å². The van der Waals surface area contributed by atoms with E-state index in [9.17, 15) is 14.4 Å². The first kappa shape index (κ1) is 25.9. The van der Waals surface area contributed by atoms with Crippen molar-refractivity contribution >= 4 is 62.3 Å². The lowest BCUT2D eigenvalue weighted by Gasteiger charge is -2.32. The smallest absolute Gasteiger partial charge is 0.408 e. The van der Waals surface area contributed by atoms with E-state index in [1.165, 1.54) is 0 Å². The van der Waals surface area contributed by atoms with Crippen molar-refractivity contribution in [3.63, 3.8) is 0 Å². The molecular weight excluding hydrogens is 463 g/mol. The van der Waals surface area contributed by atoms with Crippen molar-refractivity contribution in [2.45, 2.75) is 49.0 Å². The highest BCUT2D eigenvalue weighted by Crippen LogP contribution is 2.57. The summed E-state index contributed by atoms with van der Waals surface area (Å²) in [7, 11) is -0.409. The van der Waals surface area contributed by atoms with Crippen molar-refractivity contribution in [3.8, 4) is 0 Å². The fourth-order valence-corrected chi connectivity index (χ4v) is 4.98. The van der Waals surface area contributed by atoms with Gasteiger partial charge in [0.25, 0.3) is 5.24 Å². The van der Waals surface area contributed by atoms with E-state index >= 15 is 0 Å². The minimum absolute atomic E-state index is 0.130. The molecule has 12 heteroatoms. The van der Waals surface area contributed by atoms with Crippen molar-refractivity contribution in [1.29, 1.82) is 0 Å². The first-order valence-corrected chi connectivity index (χ1v) is 11.8. The SMILES string of the molecule is CCCCC(NC(=O)CCC1=CC=CS1(NC)C(N)=O)NC(=O)OCC(Cl)(Cl)Cl. The Morgan fingerprint density at radius 2 is 1.97 bits per heavy atom. The third-order valence-electron chi connectivity index (χ3n) is 4.06. The Morgan fingerprint density at radius 1 is 1.28 bits per heavy atom. The van der Waals surface area contributed by atoms with E-state index in [1.54, 1.807) is 24.6 Å². The summed E-state index contributed by atoms with van der Waals surface area (Å²) in [6.45, 7) is 1.57. The number of hydrogen-bond acceptors (Lipinski definition) is 5. The molecule has 2 atom stereocenters. The Bertz CT molecular complexity index is 670. The molecule has 166 valence electrons. The van der Waals surface area contributed by atoms with Gasteiger partial charge in [-0.15, -0.1) is 0 Å². The standard InChI is InChI=1S/C17H27Cl3N4O4S/c1-3-4-7-13(24-16(27)28-11-17(18,19)20)23-14(25)9-8-12-6-5-10-29(12,22-2)15(21)26/h5-6,10,13,22H,3-4,7-9,11H2,1-2H3,(H2,21,26)(H,23,25)(H,24,27). The average Bonchev–Trinajstić information content (AvgIpc) is 3.06. The summed E-state index contributed by atoms with van der Waals surface area (Å²) in [6, 6.07) is 0. The van der Waals surface area contributed by atoms with Gasteiger partial charge in [0.2, 0.25) is 9.70 Å². The molecule has 0 bridgehead atoms. The Morgan fingerprint density at radius 3 is 2.52 bits per heavy atom. The second-order valence-electron chi connectivity index (χ2n) is 6.24. The van der Waals surface area contributed by atoms with Crippen molar-refractivity contribution in [3.05, 3.63) is 22.5 Å². The van der Waals surface area contributed by atoms with Gasteiger partial charge in [0.1, 0.15) is 12.8 Å². The summed E-state index contributed by atoms with van der Waals surface area (Å²) >= 11 is 16.7. The number of alkyl carbamates (subject to hydrolysis) is 1. The van der Waals surface area contributed by atoms with Crippen LogP contribution in [0, 0.1) is 0 Å². The summed E-state index contributed by atoms with van der Waals surface area (Å²) in [5, 5.41) is 6.59. The number of nitrogens with two attached hydrogens (primary N) is 1. The third kappa shape index (κ3) is 8.64. The number of carbonyl (C=O) groups is 3. The van der Waals surface area contributed by atoms with Crippen molar-refractivity contribution in [1.82, 2.24) is 15.4 Å². The van der Waals surface area contributed by atoms with E-state index in [4.69, 9.17) is 45.3 Å². The Labute approximate surface area is 187 Å². The lowest BCUT2D eigenvalue weighted by atomic mass is 10.2. The molecule has 0 aromatic carbocycles. The van der Waals surface area contributed by atoms with Gasteiger partial charge in [-0.25, -0.2) is 4.79 Å². The van der Waals surface area contributed by atoms with Crippen molar-refractivity contribution < 1.29 is 19.1 Å². The molecule has 0 aromatic rings. The van der Waals surface area contributed by atoms with Crippen LogP contribution in [0.2, 0.25) is 0 Å². The predicted octanol–water partition coefficient (Wildman–Crippen LogP) is 3.92. The molecule has 0 spiro atoms. The number of alkyl halides is 3. The van der Waals surface area contributed by atoms with Crippen LogP contribution in [0.15, 0.2) is 22.5 Å². The molecule has 0 aromatic heterocycles. The minimum atomic E-state index is -2.07. The van der Waals surface area contributed by atoms with E-state index in [-0.39, 0.29) is 12.3 Å². The van der Waals surface area contributed by atoms with Gasteiger partial charge in [0, 0.05) is 6.42 Å². The number of amides is 3. The highest BCUT2D eigenvalue weighted by molar-refractivity contribution is 8.48. The molecule has 0 radical (unpaired) electrons. The highest BCUT2D eigenvalue weighted by Gasteiger charge is 2.33. The van der Waals surface area contributed by atoms with Gasteiger partial charge in [-0.1, -0.05) is 70.5 Å². The molecule has 1 heterocycles. The first-order chi connectivity index (χ1) is 13.5. The van der Waals surface area contributed by atoms with Gasteiger partial charge < -0.3 is 21.1 Å². The number of rotatable bonds is 10. The molecule has 2 unspecified atom stereocenters. The van der Waals surface area contributed by atoms with Crippen molar-refractivity contribution in [2.75, 3.05) is 13.7 Å². The Kier molecular flexibility index (Phi) is 10.6. The fourth-order valence-electron chi connectivity index (χ4n) is 2.62. The van der Waals surface area contributed by atoms with Crippen LogP contribution in [-0.2, 0) is 9.53 Å². The number of allylic oxidation sites excluding steroid dienone is 3. The van der Waals surface area contributed by atoms with Gasteiger partial charge in [-0.2, -0.15) is 0 Å². The number of nitrogens with one attached hydrogen (secondary N) is 3. The van der Waals surface area contributed by atoms with Crippen LogP contribution in [-0.4, -0.2) is 40.9 Å². The normalized spacial score (nSPS) is 21.6. The maximum Gasteiger partial charge on any atom is 0.408 e. The Balaban J connectivity index is 2.60. The average molecular weight is 490 g/mol. The monoisotopic (exact) mass is 488 g/mol. The topological polar surface area (TPSA) is 123 Å². The number of carbonyl (C=O) groups excluding carboxylic acids is 3. The highest BCUT2D eigenvalue weighted by atomic mass is 35.6. The summed E-state index contributed by atoms with van der Waals surface area (Å²) in [5.74, 6) is -0.283. The quantitative estimate of drug-likeness (QED) is 0.273. The van der Waals surface area contributed by atoms with Gasteiger partial charge in [-0.3, -0.25) is 14.3 Å². The number of ether oxygens (including phenoxy) is 1. The largest absolute Gasteiger partial charge is 0.445 e. The van der Waals surface area contributed by atoms with Crippen LogP contribution in [0.25, 0.3) is 0 Å². The van der Waals surface area contributed by atoms with E-state index in [2.05, 4.69) is 15.4 Å². The molecule has 1 aliphatic heterocycles. The van der Waals surface area contributed by atoms with Crippen LogP contribution >= 0.6 is 45.0 Å². The zero-order valence-electron chi connectivity index (χ0n) is 16.3. The predicted molar refractivity (Wildman–Crippen MR) is 119 cm³/mol. The molecule has 5 N–H and O–H groups in total. The van der Waals surface area contributed by atoms with Crippen molar-refractivity contribution in [2.24, 2.45) is 5.73 Å². The van der Waals surface area contributed by atoms with Crippen LogP contribution in [0.5, 0.6) is 0 Å². The molecule has 29 heavy (non-hydrogen) atoms. The summed E-state index contributed by atoms with van der Waals surface area (Å²) in [4.78, 5) is 36.9. The Hall–Kier alpha value is -1.13.